The summed E-state index contributed by atoms with van der Waals surface area (Å²) < 4.78 is 1.50. The quantitative estimate of drug-likeness (QED) is 0.401. The Morgan fingerprint density at radius 1 is 1.10 bits per heavy atom. The largest absolute Gasteiger partial charge is 0.0885 e. The van der Waals surface area contributed by atoms with Crippen LogP contribution >= 0.6 is 22.6 Å². The maximum Gasteiger partial charge on any atom is 0.00958 e. The van der Waals surface area contributed by atoms with Gasteiger partial charge in [-0.2, -0.15) is 0 Å². The number of halogens is 1. The molecule has 0 aromatic carbocycles. The Morgan fingerprint density at radius 2 is 2.00 bits per heavy atom. The lowest BCUT2D eigenvalue weighted by Gasteiger charge is -2.32. The van der Waals surface area contributed by atoms with Crippen molar-refractivity contribution >= 4 is 22.6 Å². The van der Waals surface area contributed by atoms with Crippen molar-refractivity contribution < 1.29 is 0 Å². The third kappa shape index (κ3) is 3.19. The van der Waals surface area contributed by atoms with Crippen molar-refractivity contribution in [1.82, 2.24) is 0 Å². The molecule has 0 saturated heterocycles. The number of allylic oxidation sites excluding steroid dienone is 10. The van der Waals surface area contributed by atoms with Crippen LogP contribution in [0.25, 0.3) is 0 Å². The van der Waals surface area contributed by atoms with Gasteiger partial charge in [-0.25, -0.2) is 0 Å². The van der Waals surface area contributed by atoms with Gasteiger partial charge in [0.25, 0.3) is 0 Å². The van der Waals surface area contributed by atoms with Gasteiger partial charge in [-0.3, -0.25) is 0 Å². The molecule has 0 N–H and O–H groups in total. The summed E-state index contributed by atoms with van der Waals surface area (Å²) in [5.74, 6) is 2.09. The van der Waals surface area contributed by atoms with E-state index >= 15 is 0 Å². The number of hydrogen-bond acceptors (Lipinski definition) is 0. The molecule has 3 rings (SSSR count). The summed E-state index contributed by atoms with van der Waals surface area (Å²) in [6.07, 6.45) is 23.0. The average Bonchev–Trinajstić information content (AvgIpc) is 2.48. The van der Waals surface area contributed by atoms with Crippen molar-refractivity contribution in [3.63, 3.8) is 0 Å². The molecule has 106 valence electrons. The van der Waals surface area contributed by atoms with E-state index in [1.165, 1.54) is 35.7 Å². The fourth-order valence-corrected chi connectivity index (χ4v) is 4.23. The van der Waals surface area contributed by atoms with Crippen LogP contribution in [0.4, 0.5) is 0 Å². The van der Waals surface area contributed by atoms with Crippen LogP contribution in [-0.4, -0.2) is 0 Å². The van der Waals surface area contributed by atoms with E-state index in [0.717, 1.165) is 5.92 Å². The second-order valence-electron chi connectivity index (χ2n) is 6.30. The smallest absolute Gasteiger partial charge is 0.00958 e. The highest BCUT2D eigenvalue weighted by molar-refractivity contribution is 14.1. The van der Waals surface area contributed by atoms with Crippen LogP contribution in [0.5, 0.6) is 0 Å². The van der Waals surface area contributed by atoms with E-state index in [-0.39, 0.29) is 0 Å². The lowest BCUT2D eigenvalue weighted by Crippen LogP contribution is -2.19. The highest BCUT2D eigenvalue weighted by atomic mass is 127. The standard InChI is InChI=1S/C19H23I/c1-14-6-5-9-16(12-14)19-13-17(20)10-11-18(19)15-7-3-2-4-8-15/h2-3,5,9-12,14-15,19H,4,6-8,13H2,1H3. The van der Waals surface area contributed by atoms with Crippen molar-refractivity contribution in [3.8, 4) is 0 Å². The van der Waals surface area contributed by atoms with E-state index in [1.54, 1.807) is 11.1 Å². The minimum absolute atomic E-state index is 0.627. The first-order valence-electron chi connectivity index (χ1n) is 7.83. The minimum Gasteiger partial charge on any atom is -0.0885 e. The number of hydrogen-bond donors (Lipinski definition) is 0. The molecule has 0 aromatic rings. The Labute approximate surface area is 136 Å². The summed E-state index contributed by atoms with van der Waals surface area (Å²) in [6, 6.07) is 0. The molecule has 0 bridgehead atoms. The lowest BCUT2D eigenvalue weighted by molar-refractivity contribution is 0.492. The summed E-state index contributed by atoms with van der Waals surface area (Å²) in [4.78, 5) is 0. The molecule has 0 saturated carbocycles. The zero-order chi connectivity index (χ0) is 13.9. The van der Waals surface area contributed by atoms with Crippen LogP contribution in [0.1, 0.15) is 39.0 Å². The monoisotopic (exact) mass is 378 g/mol. The fraction of sp³-hybridized carbons (Fsp3) is 0.474. The van der Waals surface area contributed by atoms with Crippen LogP contribution in [0.2, 0.25) is 0 Å². The first-order chi connectivity index (χ1) is 9.74. The molecule has 0 fully saturated rings. The molecule has 3 aliphatic carbocycles. The first kappa shape index (κ1) is 14.4. The van der Waals surface area contributed by atoms with Gasteiger partial charge in [0.15, 0.2) is 0 Å². The van der Waals surface area contributed by atoms with E-state index in [4.69, 9.17) is 0 Å². The van der Waals surface area contributed by atoms with Crippen LogP contribution in [0.15, 0.2) is 57.3 Å². The Morgan fingerprint density at radius 3 is 2.75 bits per heavy atom. The third-order valence-electron chi connectivity index (χ3n) is 4.70. The van der Waals surface area contributed by atoms with Crippen LogP contribution < -0.4 is 0 Å². The Hall–Kier alpha value is -0.570. The van der Waals surface area contributed by atoms with E-state index < -0.39 is 0 Å². The van der Waals surface area contributed by atoms with Gasteiger partial charge in [0, 0.05) is 5.92 Å². The van der Waals surface area contributed by atoms with Crippen molar-refractivity contribution in [1.29, 1.82) is 0 Å². The molecular weight excluding hydrogens is 355 g/mol. The highest BCUT2D eigenvalue weighted by Crippen LogP contribution is 2.42. The van der Waals surface area contributed by atoms with Crippen molar-refractivity contribution in [3.05, 3.63) is 57.3 Å². The average molecular weight is 378 g/mol. The third-order valence-corrected chi connectivity index (χ3v) is 5.50. The van der Waals surface area contributed by atoms with Crippen LogP contribution in [0.3, 0.4) is 0 Å². The van der Waals surface area contributed by atoms with Gasteiger partial charge in [-0.15, -0.1) is 0 Å². The Balaban J connectivity index is 1.88. The predicted molar refractivity (Wildman–Crippen MR) is 95.8 cm³/mol. The maximum atomic E-state index is 2.51. The van der Waals surface area contributed by atoms with Crippen LogP contribution in [0, 0.1) is 17.8 Å². The zero-order valence-electron chi connectivity index (χ0n) is 12.2. The van der Waals surface area contributed by atoms with Gasteiger partial charge in [0.1, 0.15) is 0 Å². The zero-order valence-corrected chi connectivity index (χ0v) is 14.3. The van der Waals surface area contributed by atoms with Crippen molar-refractivity contribution in [2.45, 2.75) is 39.0 Å². The molecule has 3 atom stereocenters. The van der Waals surface area contributed by atoms with Gasteiger partial charge in [-0.1, -0.05) is 55.0 Å². The molecule has 0 spiro atoms. The predicted octanol–water partition coefficient (Wildman–Crippen LogP) is 6.13. The topological polar surface area (TPSA) is 0 Å². The molecule has 0 aromatic heterocycles. The highest BCUT2D eigenvalue weighted by Gasteiger charge is 2.28. The summed E-state index contributed by atoms with van der Waals surface area (Å²) in [6.45, 7) is 2.33. The Bertz CT molecular complexity index is 516. The lowest BCUT2D eigenvalue weighted by atomic mass is 9.73. The second kappa shape index (κ2) is 6.46. The molecule has 0 amide bonds. The van der Waals surface area contributed by atoms with E-state index in [1.807, 2.05) is 0 Å². The molecule has 0 heterocycles. The molecule has 0 nitrogen and oxygen atoms in total. The molecule has 1 heteroatoms. The first-order valence-corrected chi connectivity index (χ1v) is 8.91. The molecular formula is C19H23I. The molecule has 3 unspecified atom stereocenters. The minimum atomic E-state index is 0.627. The van der Waals surface area contributed by atoms with Gasteiger partial charge in [0.05, 0.1) is 0 Å². The van der Waals surface area contributed by atoms with Crippen molar-refractivity contribution in [2.24, 2.45) is 17.8 Å². The fourth-order valence-electron chi connectivity index (χ4n) is 3.61. The van der Waals surface area contributed by atoms with E-state index in [2.05, 4.69) is 72.0 Å². The number of rotatable bonds is 2. The van der Waals surface area contributed by atoms with E-state index in [9.17, 15) is 0 Å². The second-order valence-corrected chi connectivity index (χ2v) is 7.69. The SMILES string of the molecule is CC1C=C(C2CC(I)=CC=C2C2CC=CCC2)C=CC1. The van der Waals surface area contributed by atoms with Gasteiger partial charge < -0.3 is 0 Å². The molecule has 20 heavy (non-hydrogen) atoms. The molecule has 0 radical (unpaired) electrons. The molecule has 3 aliphatic rings. The van der Waals surface area contributed by atoms with Gasteiger partial charge in [0.2, 0.25) is 0 Å². The normalized spacial score (nSPS) is 33.5. The van der Waals surface area contributed by atoms with Gasteiger partial charge >= 0.3 is 0 Å². The van der Waals surface area contributed by atoms with Gasteiger partial charge in [-0.05, 0) is 75.7 Å². The Kier molecular flexibility index (Phi) is 4.65. The summed E-state index contributed by atoms with van der Waals surface area (Å²) in [5.41, 5.74) is 3.24. The maximum absolute atomic E-state index is 2.51. The molecule has 0 aliphatic heterocycles. The summed E-state index contributed by atoms with van der Waals surface area (Å²) in [7, 11) is 0. The summed E-state index contributed by atoms with van der Waals surface area (Å²) in [5, 5.41) is 0. The summed E-state index contributed by atoms with van der Waals surface area (Å²) >= 11 is 2.51. The van der Waals surface area contributed by atoms with E-state index in [0.29, 0.717) is 11.8 Å². The van der Waals surface area contributed by atoms with Crippen LogP contribution in [-0.2, 0) is 0 Å². The van der Waals surface area contributed by atoms with Crippen molar-refractivity contribution in [2.75, 3.05) is 0 Å².